The van der Waals surface area contributed by atoms with E-state index >= 15 is 0 Å². The first-order valence-electron chi connectivity index (χ1n) is 9.30. The van der Waals surface area contributed by atoms with Crippen molar-refractivity contribution in [2.45, 2.75) is 18.9 Å². The number of nitrogens with one attached hydrogen (secondary N) is 1. The van der Waals surface area contributed by atoms with E-state index in [0.29, 0.717) is 12.2 Å². The minimum Gasteiger partial charge on any atom is -0.376 e. The second-order valence-corrected chi connectivity index (χ2v) is 8.09. The van der Waals surface area contributed by atoms with Gasteiger partial charge >= 0.3 is 0 Å². The lowest BCUT2D eigenvalue weighted by Gasteiger charge is -2.36. The molecule has 0 spiro atoms. The molecule has 3 heterocycles. The van der Waals surface area contributed by atoms with Crippen LogP contribution in [0.1, 0.15) is 23.3 Å². The highest BCUT2D eigenvalue weighted by Crippen LogP contribution is 2.25. The summed E-state index contributed by atoms with van der Waals surface area (Å²) in [6.07, 6.45) is 2.23. The number of hydrogen-bond acceptors (Lipinski definition) is 6. The number of hydrogen-bond donors (Lipinski definition) is 1. The summed E-state index contributed by atoms with van der Waals surface area (Å²) in [5.41, 5.74) is 1.64. The number of anilines is 2. The van der Waals surface area contributed by atoms with Crippen LogP contribution in [0, 0.1) is 0 Å². The monoisotopic (exact) mass is 406 g/mol. The number of ether oxygens (including phenoxy) is 1. The zero-order chi connectivity index (χ0) is 18.6. The van der Waals surface area contributed by atoms with Crippen LogP contribution in [0.4, 0.5) is 10.8 Å². The van der Waals surface area contributed by atoms with E-state index in [1.165, 1.54) is 11.3 Å². The van der Waals surface area contributed by atoms with E-state index in [-0.39, 0.29) is 12.0 Å². The molecule has 0 radical (unpaired) electrons. The van der Waals surface area contributed by atoms with Gasteiger partial charge in [-0.1, -0.05) is 17.7 Å². The molecule has 4 rings (SSSR count). The molecule has 1 amide bonds. The molecule has 2 aliphatic rings. The van der Waals surface area contributed by atoms with Crippen LogP contribution < -0.4 is 15.1 Å². The zero-order valence-electron chi connectivity index (χ0n) is 15.1. The van der Waals surface area contributed by atoms with E-state index in [0.717, 1.165) is 61.5 Å². The minimum absolute atomic E-state index is 0.120. The molecule has 144 valence electrons. The molecular formula is C19H23ClN4O2S. The van der Waals surface area contributed by atoms with Gasteiger partial charge in [-0.05, 0) is 31.0 Å². The van der Waals surface area contributed by atoms with Crippen LogP contribution in [-0.4, -0.2) is 56.3 Å². The van der Waals surface area contributed by atoms with Crippen LogP contribution >= 0.6 is 22.9 Å². The van der Waals surface area contributed by atoms with Crippen LogP contribution in [0.2, 0.25) is 5.02 Å². The van der Waals surface area contributed by atoms with Crippen molar-refractivity contribution >= 4 is 39.7 Å². The molecule has 2 fully saturated rings. The van der Waals surface area contributed by atoms with Crippen molar-refractivity contribution in [1.82, 2.24) is 10.3 Å². The van der Waals surface area contributed by atoms with E-state index in [1.54, 1.807) is 0 Å². The molecule has 1 aromatic carbocycles. The number of rotatable bonds is 5. The lowest BCUT2D eigenvalue weighted by Crippen LogP contribution is -2.46. The van der Waals surface area contributed by atoms with Crippen molar-refractivity contribution in [3.05, 3.63) is 40.4 Å². The summed E-state index contributed by atoms with van der Waals surface area (Å²) in [7, 11) is 0. The first-order chi connectivity index (χ1) is 13.2. The molecule has 0 aliphatic carbocycles. The molecule has 1 N–H and O–H groups in total. The first kappa shape index (κ1) is 18.5. The maximum absolute atomic E-state index is 12.3. The van der Waals surface area contributed by atoms with Gasteiger partial charge in [0.05, 0.1) is 6.10 Å². The van der Waals surface area contributed by atoms with Crippen molar-refractivity contribution in [1.29, 1.82) is 0 Å². The van der Waals surface area contributed by atoms with Gasteiger partial charge in [0.15, 0.2) is 5.13 Å². The summed E-state index contributed by atoms with van der Waals surface area (Å²) in [5.74, 6) is -0.120. The molecule has 2 aromatic rings. The topological polar surface area (TPSA) is 57.7 Å². The highest BCUT2D eigenvalue weighted by atomic mass is 35.5. The Labute approximate surface area is 168 Å². The van der Waals surface area contributed by atoms with Crippen LogP contribution in [0.25, 0.3) is 0 Å². The number of amides is 1. The third-order valence-corrected chi connectivity index (χ3v) is 6.10. The van der Waals surface area contributed by atoms with Gasteiger partial charge in [0.2, 0.25) is 0 Å². The van der Waals surface area contributed by atoms with Crippen molar-refractivity contribution in [2.75, 3.05) is 49.1 Å². The Morgan fingerprint density at radius 3 is 2.85 bits per heavy atom. The quantitative estimate of drug-likeness (QED) is 0.827. The van der Waals surface area contributed by atoms with Gasteiger partial charge in [0.25, 0.3) is 5.91 Å². The molecule has 0 unspecified atom stereocenters. The van der Waals surface area contributed by atoms with Crippen LogP contribution in [0.15, 0.2) is 29.6 Å². The van der Waals surface area contributed by atoms with Gasteiger partial charge < -0.3 is 19.9 Å². The van der Waals surface area contributed by atoms with E-state index in [9.17, 15) is 4.79 Å². The standard InChI is InChI=1S/C19H23ClN4O2S/c20-14-3-1-4-15(11-14)23-6-8-24(9-7-23)19-22-17(13-27-19)18(25)21-12-16-5-2-10-26-16/h1,3-4,11,13,16H,2,5-10,12H2,(H,21,25)/t16-/m1/s1. The summed E-state index contributed by atoms with van der Waals surface area (Å²) >= 11 is 7.62. The van der Waals surface area contributed by atoms with Gasteiger partial charge in [0, 0.05) is 55.4 Å². The summed E-state index contributed by atoms with van der Waals surface area (Å²) in [6.45, 7) is 4.90. The molecular weight excluding hydrogens is 384 g/mol. The number of piperazine rings is 1. The summed E-state index contributed by atoms with van der Waals surface area (Å²) in [6, 6.07) is 7.95. The highest BCUT2D eigenvalue weighted by molar-refractivity contribution is 7.13. The molecule has 1 atom stereocenters. The molecule has 8 heteroatoms. The van der Waals surface area contributed by atoms with Gasteiger partial charge in [-0.2, -0.15) is 0 Å². The van der Waals surface area contributed by atoms with E-state index in [1.807, 2.05) is 23.6 Å². The van der Waals surface area contributed by atoms with Crippen LogP contribution in [0.5, 0.6) is 0 Å². The molecule has 27 heavy (non-hydrogen) atoms. The van der Waals surface area contributed by atoms with Gasteiger partial charge in [-0.3, -0.25) is 4.79 Å². The van der Waals surface area contributed by atoms with Crippen molar-refractivity contribution in [3.63, 3.8) is 0 Å². The Bertz CT molecular complexity index is 786. The number of benzene rings is 1. The minimum atomic E-state index is -0.120. The fourth-order valence-electron chi connectivity index (χ4n) is 3.44. The normalized spacial score (nSPS) is 20.1. The average Bonchev–Trinajstić information content (AvgIpc) is 3.38. The number of nitrogens with zero attached hydrogens (tertiary/aromatic N) is 3. The fourth-order valence-corrected chi connectivity index (χ4v) is 4.49. The summed E-state index contributed by atoms with van der Waals surface area (Å²) < 4.78 is 5.54. The Kier molecular flexibility index (Phi) is 5.80. The predicted octanol–water partition coefficient (Wildman–Crippen LogP) is 3.03. The van der Waals surface area contributed by atoms with Crippen molar-refractivity contribution < 1.29 is 9.53 Å². The van der Waals surface area contributed by atoms with Crippen molar-refractivity contribution in [2.24, 2.45) is 0 Å². The average molecular weight is 407 g/mol. The molecule has 6 nitrogen and oxygen atoms in total. The molecule has 1 aromatic heterocycles. The van der Waals surface area contributed by atoms with E-state index < -0.39 is 0 Å². The summed E-state index contributed by atoms with van der Waals surface area (Å²) in [4.78, 5) is 21.4. The van der Waals surface area contributed by atoms with Crippen LogP contribution in [0.3, 0.4) is 0 Å². The smallest absolute Gasteiger partial charge is 0.270 e. The third-order valence-electron chi connectivity index (χ3n) is 4.96. The molecule has 0 bridgehead atoms. The maximum atomic E-state index is 12.3. The number of carbonyl (C=O) groups is 1. The first-order valence-corrected chi connectivity index (χ1v) is 10.6. The lowest BCUT2D eigenvalue weighted by atomic mass is 10.2. The Morgan fingerprint density at radius 2 is 2.11 bits per heavy atom. The number of thiazole rings is 1. The van der Waals surface area contributed by atoms with Gasteiger partial charge in [-0.25, -0.2) is 4.98 Å². The Balaban J connectivity index is 1.30. The predicted molar refractivity (Wildman–Crippen MR) is 109 cm³/mol. The maximum Gasteiger partial charge on any atom is 0.270 e. The van der Waals surface area contributed by atoms with Gasteiger partial charge in [-0.15, -0.1) is 11.3 Å². The number of carbonyl (C=O) groups excluding carboxylic acids is 1. The fraction of sp³-hybridized carbons (Fsp3) is 0.474. The molecule has 2 aliphatic heterocycles. The molecule has 2 saturated heterocycles. The van der Waals surface area contributed by atoms with Crippen LogP contribution in [-0.2, 0) is 4.74 Å². The zero-order valence-corrected chi connectivity index (χ0v) is 16.6. The van der Waals surface area contributed by atoms with Crippen molar-refractivity contribution in [3.8, 4) is 0 Å². The molecule has 0 saturated carbocycles. The van der Waals surface area contributed by atoms with E-state index in [2.05, 4.69) is 26.2 Å². The Morgan fingerprint density at radius 1 is 1.30 bits per heavy atom. The largest absolute Gasteiger partial charge is 0.376 e. The SMILES string of the molecule is O=C(NC[C@H]1CCCO1)c1csc(N2CCN(c3cccc(Cl)c3)CC2)n1. The lowest BCUT2D eigenvalue weighted by molar-refractivity contribution is 0.0854. The van der Waals surface area contributed by atoms with Gasteiger partial charge in [0.1, 0.15) is 5.69 Å². The second kappa shape index (κ2) is 8.46. The summed E-state index contributed by atoms with van der Waals surface area (Å²) in [5, 5.41) is 6.43. The highest BCUT2D eigenvalue weighted by Gasteiger charge is 2.22. The second-order valence-electron chi connectivity index (χ2n) is 6.81. The third kappa shape index (κ3) is 4.54. The number of aromatic nitrogens is 1. The number of halogens is 1. The van der Waals surface area contributed by atoms with E-state index in [4.69, 9.17) is 16.3 Å². The Hall–Kier alpha value is -1.83.